The molecule has 3 N–H and O–H groups in total. The van der Waals surface area contributed by atoms with Crippen LogP contribution in [0, 0.1) is 5.82 Å². The van der Waals surface area contributed by atoms with E-state index in [9.17, 15) is 4.39 Å². The lowest BCUT2D eigenvalue weighted by atomic mass is 10.1. The van der Waals surface area contributed by atoms with Crippen LogP contribution < -0.4 is 11.1 Å². The van der Waals surface area contributed by atoms with Crippen molar-refractivity contribution >= 4 is 17.3 Å². The fourth-order valence-corrected chi connectivity index (χ4v) is 1.60. The van der Waals surface area contributed by atoms with E-state index in [0.29, 0.717) is 6.54 Å². The molecular weight excluding hydrogens is 227 g/mol. The zero-order valence-corrected chi connectivity index (χ0v) is 10.2. The molecule has 0 aliphatic heterocycles. The molecule has 0 aliphatic carbocycles. The van der Waals surface area contributed by atoms with E-state index in [1.807, 2.05) is 0 Å². The molecule has 0 bridgehead atoms. The van der Waals surface area contributed by atoms with E-state index in [2.05, 4.69) is 12.2 Å². The molecular formula is C12H18ClFN2. The summed E-state index contributed by atoms with van der Waals surface area (Å²) in [5.41, 5.74) is 6.71. The maximum absolute atomic E-state index is 12.9. The zero-order chi connectivity index (χ0) is 12.0. The number of hydrogen-bond acceptors (Lipinski definition) is 2. The molecule has 0 saturated carbocycles. The summed E-state index contributed by atoms with van der Waals surface area (Å²) in [6, 6.07) is 4.71. The number of nitrogens with two attached hydrogens (primary N) is 1. The summed E-state index contributed by atoms with van der Waals surface area (Å²) in [5, 5.41) is 3.28. The predicted octanol–water partition coefficient (Wildman–Crippen LogP) is 3.41. The summed E-state index contributed by atoms with van der Waals surface area (Å²) in [6.07, 6.45) is 3.28. The largest absolute Gasteiger partial charge is 0.383 e. The molecule has 0 aliphatic rings. The van der Waals surface area contributed by atoms with E-state index in [-0.39, 0.29) is 11.1 Å². The van der Waals surface area contributed by atoms with E-state index in [1.165, 1.54) is 6.07 Å². The molecule has 1 aromatic carbocycles. The van der Waals surface area contributed by atoms with Gasteiger partial charge in [0.15, 0.2) is 0 Å². The average Bonchev–Trinajstić information content (AvgIpc) is 2.28. The molecule has 1 atom stereocenters. The van der Waals surface area contributed by atoms with Crippen LogP contribution in [-0.2, 0) is 0 Å². The van der Waals surface area contributed by atoms with Gasteiger partial charge >= 0.3 is 0 Å². The van der Waals surface area contributed by atoms with E-state index in [4.69, 9.17) is 17.3 Å². The highest BCUT2D eigenvalue weighted by Gasteiger charge is 2.03. The highest BCUT2D eigenvalue weighted by Crippen LogP contribution is 2.19. The summed E-state index contributed by atoms with van der Waals surface area (Å²) in [6.45, 7) is 2.82. The minimum atomic E-state index is -0.400. The summed E-state index contributed by atoms with van der Waals surface area (Å²) >= 11 is 5.67. The molecule has 0 aromatic heterocycles. The van der Waals surface area contributed by atoms with Crippen molar-refractivity contribution < 1.29 is 4.39 Å². The van der Waals surface area contributed by atoms with Gasteiger partial charge in [-0.15, -0.1) is 0 Å². The van der Waals surface area contributed by atoms with Gasteiger partial charge in [0.1, 0.15) is 5.82 Å². The number of rotatable bonds is 6. The van der Waals surface area contributed by atoms with Crippen molar-refractivity contribution in [2.24, 2.45) is 5.73 Å². The Morgan fingerprint density at radius 1 is 1.50 bits per heavy atom. The Morgan fingerprint density at radius 3 is 2.88 bits per heavy atom. The molecule has 1 rings (SSSR count). The Labute approximate surface area is 101 Å². The van der Waals surface area contributed by atoms with E-state index >= 15 is 0 Å². The fourth-order valence-electron chi connectivity index (χ4n) is 1.42. The van der Waals surface area contributed by atoms with Crippen molar-refractivity contribution in [3.63, 3.8) is 0 Å². The average molecular weight is 245 g/mol. The van der Waals surface area contributed by atoms with E-state index in [1.54, 1.807) is 12.1 Å². The molecule has 2 nitrogen and oxygen atoms in total. The van der Waals surface area contributed by atoms with Gasteiger partial charge in [0, 0.05) is 18.3 Å². The maximum atomic E-state index is 12.9. The second-order valence-corrected chi connectivity index (χ2v) is 4.32. The van der Waals surface area contributed by atoms with Crippen LogP contribution in [0.25, 0.3) is 0 Å². The molecule has 1 unspecified atom stereocenters. The fraction of sp³-hybridized carbons (Fsp3) is 0.500. The molecule has 4 heteroatoms. The Kier molecular flexibility index (Phi) is 5.56. The van der Waals surface area contributed by atoms with Gasteiger partial charge in [-0.2, -0.15) is 0 Å². The van der Waals surface area contributed by atoms with Crippen LogP contribution in [0.5, 0.6) is 0 Å². The summed E-state index contributed by atoms with van der Waals surface area (Å²) in [4.78, 5) is 0. The second kappa shape index (κ2) is 6.71. The molecule has 0 fully saturated rings. The topological polar surface area (TPSA) is 38.0 Å². The SMILES string of the molecule is CCCCC(N)CNc1ccc(F)c(Cl)c1. The van der Waals surface area contributed by atoms with Crippen LogP contribution in [-0.4, -0.2) is 12.6 Å². The molecule has 16 heavy (non-hydrogen) atoms. The van der Waals surface area contributed by atoms with Gasteiger partial charge in [-0.1, -0.05) is 31.4 Å². The normalized spacial score (nSPS) is 12.5. The van der Waals surface area contributed by atoms with Crippen LogP contribution in [0.4, 0.5) is 10.1 Å². The standard InChI is InChI=1S/C12H18ClFN2/c1-2-3-4-9(15)8-16-10-5-6-12(14)11(13)7-10/h5-7,9,16H,2-4,8,15H2,1H3. The van der Waals surface area contributed by atoms with Crippen LogP contribution in [0.1, 0.15) is 26.2 Å². The first kappa shape index (κ1) is 13.3. The lowest BCUT2D eigenvalue weighted by Crippen LogP contribution is -2.28. The number of benzene rings is 1. The van der Waals surface area contributed by atoms with Gasteiger partial charge < -0.3 is 11.1 Å². The van der Waals surface area contributed by atoms with Gasteiger partial charge in [-0.25, -0.2) is 4.39 Å². The van der Waals surface area contributed by atoms with Crippen LogP contribution in [0.15, 0.2) is 18.2 Å². The number of halogens is 2. The first-order valence-corrected chi connectivity index (χ1v) is 5.95. The van der Waals surface area contributed by atoms with Crippen molar-refractivity contribution in [3.05, 3.63) is 29.0 Å². The van der Waals surface area contributed by atoms with Crippen LogP contribution in [0.3, 0.4) is 0 Å². The lowest BCUT2D eigenvalue weighted by molar-refractivity contribution is 0.595. The molecule has 0 heterocycles. The number of hydrogen-bond donors (Lipinski definition) is 2. The third-order valence-corrected chi connectivity index (χ3v) is 2.71. The highest BCUT2D eigenvalue weighted by atomic mass is 35.5. The summed E-state index contributed by atoms with van der Waals surface area (Å²) in [5.74, 6) is -0.400. The van der Waals surface area contributed by atoms with Crippen molar-refractivity contribution in [1.82, 2.24) is 0 Å². The van der Waals surface area contributed by atoms with Gasteiger partial charge in [0.05, 0.1) is 5.02 Å². The lowest BCUT2D eigenvalue weighted by Gasteiger charge is -2.13. The second-order valence-electron chi connectivity index (χ2n) is 3.91. The Balaban J connectivity index is 2.39. The Morgan fingerprint density at radius 2 is 2.25 bits per heavy atom. The van der Waals surface area contributed by atoms with Crippen LogP contribution in [0.2, 0.25) is 5.02 Å². The molecule has 0 spiro atoms. The van der Waals surface area contributed by atoms with Gasteiger partial charge in [0.2, 0.25) is 0 Å². The molecule has 0 amide bonds. The molecule has 1 aromatic rings. The predicted molar refractivity (Wildman–Crippen MR) is 67.4 cm³/mol. The van der Waals surface area contributed by atoms with Crippen molar-refractivity contribution in [1.29, 1.82) is 0 Å². The number of anilines is 1. The van der Waals surface area contributed by atoms with Crippen molar-refractivity contribution in [2.45, 2.75) is 32.2 Å². The zero-order valence-electron chi connectivity index (χ0n) is 9.47. The maximum Gasteiger partial charge on any atom is 0.141 e. The molecule has 0 radical (unpaired) electrons. The minimum absolute atomic E-state index is 0.128. The monoisotopic (exact) mass is 244 g/mol. The summed E-state index contributed by atoms with van der Waals surface area (Å²) in [7, 11) is 0. The van der Waals surface area contributed by atoms with Gasteiger partial charge in [-0.05, 0) is 24.6 Å². The van der Waals surface area contributed by atoms with Crippen LogP contribution >= 0.6 is 11.6 Å². The van der Waals surface area contributed by atoms with E-state index < -0.39 is 5.82 Å². The number of unbranched alkanes of at least 4 members (excludes halogenated alkanes) is 1. The van der Waals surface area contributed by atoms with Crippen molar-refractivity contribution in [3.8, 4) is 0 Å². The van der Waals surface area contributed by atoms with E-state index in [0.717, 1.165) is 24.9 Å². The summed E-state index contributed by atoms with van der Waals surface area (Å²) < 4.78 is 12.9. The highest BCUT2D eigenvalue weighted by molar-refractivity contribution is 6.31. The Hall–Kier alpha value is -0.800. The first-order chi connectivity index (χ1) is 7.63. The van der Waals surface area contributed by atoms with Gasteiger partial charge in [0.25, 0.3) is 0 Å². The first-order valence-electron chi connectivity index (χ1n) is 5.58. The van der Waals surface area contributed by atoms with Crippen molar-refractivity contribution in [2.75, 3.05) is 11.9 Å². The smallest absolute Gasteiger partial charge is 0.141 e. The van der Waals surface area contributed by atoms with Gasteiger partial charge in [-0.3, -0.25) is 0 Å². The minimum Gasteiger partial charge on any atom is -0.383 e. The quantitative estimate of drug-likeness (QED) is 0.805. The third-order valence-electron chi connectivity index (χ3n) is 2.42. The third kappa shape index (κ3) is 4.37. The number of nitrogens with one attached hydrogen (secondary N) is 1. The molecule has 90 valence electrons. The Bertz CT molecular complexity index is 331. The molecule has 0 saturated heterocycles.